The number of nitrogens with one attached hydrogen (secondary N) is 1. The average molecular weight is 519 g/mol. The smallest absolute Gasteiger partial charge is 0.174 e. The Labute approximate surface area is 206 Å². The second-order valence-corrected chi connectivity index (χ2v) is 9.46. The molecule has 2 aromatic heterocycles. The molecule has 5 rings (SSSR count). The Morgan fingerprint density at radius 1 is 0.970 bits per heavy atom. The van der Waals surface area contributed by atoms with Crippen LogP contribution in [-0.4, -0.2) is 19.8 Å². The number of nitrogens with zero attached hydrogens (tertiary/aromatic N) is 3. The quantitative estimate of drug-likeness (QED) is 0.318. The number of benzene rings is 2. The van der Waals surface area contributed by atoms with Crippen molar-refractivity contribution in [2.75, 3.05) is 4.90 Å². The Hall–Kier alpha value is -3.16. The van der Waals surface area contributed by atoms with Gasteiger partial charge in [-0.3, -0.25) is 4.98 Å². The van der Waals surface area contributed by atoms with E-state index in [-0.39, 0.29) is 17.8 Å². The van der Waals surface area contributed by atoms with E-state index in [1.54, 1.807) is 12.1 Å². The number of anilines is 1. The fraction of sp³-hybridized carbons (Fsp3) is 0.154. The molecule has 3 heterocycles. The standard InChI is InChI=1S/C26H23BrN4OS/c1-16-14-22(17(2)30(16)20-7-5-6-18(27)15-20)25-24(23-8-3-4-13-28-23)29-26(33)31(25)19-9-11-21(32)12-10-19/h3-15,24-25,32H,1-2H3,(H,29,33)/t24-,25-/m0/s1. The molecule has 166 valence electrons. The minimum absolute atomic E-state index is 0.107. The normalized spacial score (nSPS) is 17.9. The molecule has 1 aliphatic rings. The van der Waals surface area contributed by atoms with Gasteiger partial charge in [0, 0.05) is 33.4 Å². The maximum Gasteiger partial charge on any atom is 0.174 e. The maximum absolute atomic E-state index is 9.83. The monoisotopic (exact) mass is 518 g/mol. The van der Waals surface area contributed by atoms with Gasteiger partial charge < -0.3 is 19.9 Å². The summed E-state index contributed by atoms with van der Waals surface area (Å²) in [4.78, 5) is 6.77. The fourth-order valence-corrected chi connectivity index (χ4v) is 5.39. The summed E-state index contributed by atoms with van der Waals surface area (Å²) in [5.41, 5.74) is 6.41. The number of halogens is 1. The van der Waals surface area contributed by atoms with Gasteiger partial charge in [0.1, 0.15) is 5.75 Å². The third kappa shape index (κ3) is 3.92. The van der Waals surface area contributed by atoms with Gasteiger partial charge in [-0.1, -0.05) is 28.1 Å². The van der Waals surface area contributed by atoms with Crippen molar-refractivity contribution in [3.05, 3.63) is 106 Å². The van der Waals surface area contributed by atoms with Gasteiger partial charge in [-0.25, -0.2) is 0 Å². The molecule has 1 aliphatic heterocycles. The summed E-state index contributed by atoms with van der Waals surface area (Å²) in [5.74, 6) is 0.225. The van der Waals surface area contributed by atoms with Gasteiger partial charge in [0.05, 0.1) is 17.8 Å². The molecule has 1 saturated heterocycles. The van der Waals surface area contributed by atoms with Gasteiger partial charge in [0.2, 0.25) is 0 Å². The summed E-state index contributed by atoms with van der Waals surface area (Å²) in [6.45, 7) is 4.27. The van der Waals surface area contributed by atoms with Crippen LogP contribution in [0.15, 0.2) is 83.5 Å². The van der Waals surface area contributed by atoms with Crippen LogP contribution < -0.4 is 10.2 Å². The van der Waals surface area contributed by atoms with Crippen LogP contribution >= 0.6 is 28.1 Å². The fourth-order valence-electron chi connectivity index (χ4n) is 4.66. The molecule has 0 radical (unpaired) electrons. The molecule has 0 aliphatic carbocycles. The van der Waals surface area contributed by atoms with Gasteiger partial charge >= 0.3 is 0 Å². The number of aryl methyl sites for hydroxylation is 1. The second-order valence-electron chi connectivity index (χ2n) is 8.15. The number of thiocarbonyl (C=S) groups is 1. The van der Waals surface area contributed by atoms with E-state index in [4.69, 9.17) is 12.2 Å². The lowest BCUT2D eigenvalue weighted by atomic mass is 9.96. The topological polar surface area (TPSA) is 53.3 Å². The van der Waals surface area contributed by atoms with Crippen molar-refractivity contribution in [1.29, 1.82) is 0 Å². The van der Waals surface area contributed by atoms with Crippen LogP contribution in [-0.2, 0) is 0 Å². The van der Waals surface area contributed by atoms with E-state index in [1.807, 2.05) is 48.7 Å². The van der Waals surface area contributed by atoms with Crippen LogP contribution in [0.1, 0.15) is 34.7 Å². The lowest BCUT2D eigenvalue weighted by Gasteiger charge is -2.28. The van der Waals surface area contributed by atoms with Gasteiger partial charge in [0.25, 0.3) is 0 Å². The van der Waals surface area contributed by atoms with Gasteiger partial charge in [-0.05, 0) is 92.3 Å². The molecule has 1 fully saturated rings. The molecule has 0 spiro atoms. The van der Waals surface area contributed by atoms with Crippen molar-refractivity contribution < 1.29 is 5.11 Å². The number of hydrogen-bond acceptors (Lipinski definition) is 3. The summed E-state index contributed by atoms with van der Waals surface area (Å²) in [6, 6.07) is 23.4. The van der Waals surface area contributed by atoms with Crippen LogP contribution in [0.5, 0.6) is 5.75 Å². The zero-order valence-corrected chi connectivity index (χ0v) is 20.6. The number of rotatable bonds is 4. The first-order valence-corrected chi connectivity index (χ1v) is 11.9. The largest absolute Gasteiger partial charge is 0.508 e. The van der Waals surface area contributed by atoms with Crippen LogP contribution in [0, 0.1) is 13.8 Å². The molecule has 5 nitrogen and oxygen atoms in total. The molecule has 33 heavy (non-hydrogen) atoms. The van der Waals surface area contributed by atoms with E-state index in [0.29, 0.717) is 5.11 Å². The summed E-state index contributed by atoms with van der Waals surface area (Å²) >= 11 is 9.41. The first kappa shape index (κ1) is 21.7. The number of aromatic nitrogens is 2. The van der Waals surface area contributed by atoms with Crippen molar-refractivity contribution in [3.63, 3.8) is 0 Å². The van der Waals surface area contributed by atoms with Crippen LogP contribution in [0.3, 0.4) is 0 Å². The van der Waals surface area contributed by atoms with Crippen molar-refractivity contribution in [2.45, 2.75) is 25.9 Å². The molecule has 2 aromatic carbocycles. The first-order chi connectivity index (χ1) is 15.9. The van der Waals surface area contributed by atoms with E-state index < -0.39 is 0 Å². The molecule has 2 N–H and O–H groups in total. The highest BCUT2D eigenvalue weighted by atomic mass is 79.9. The van der Waals surface area contributed by atoms with Crippen molar-refractivity contribution in [2.24, 2.45) is 0 Å². The molecular weight excluding hydrogens is 496 g/mol. The average Bonchev–Trinajstić information content (AvgIpc) is 3.30. The van der Waals surface area contributed by atoms with Crippen LogP contribution in [0.2, 0.25) is 0 Å². The molecule has 0 amide bonds. The Kier molecular flexibility index (Phi) is 5.68. The molecule has 0 unspecified atom stereocenters. The number of pyridine rings is 1. The predicted octanol–water partition coefficient (Wildman–Crippen LogP) is 6.13. The lowest BCUT2D eigenvalue weighted by Crippen LogP contribution is -2.29. The van der Waals surface area contributed by atoms with E-state index in [1.165, 1.54) is 5.56 Å². The van der Waals surface area contributed by atoms with Gasteiger partial charge in [-0.15, -0.1) is 0 Å². The molecular formula is C26H23BrN4OS. The Morgan fingerprint density at radius 2 is 1.76 bits per heavy atom. The molecule has 4 aromatic rings. The molecule has 2 atom stereocenters. The number of phenols is 1. The van der Waals surface area contributed by atoms with Gasteiger partial charge in [0.15, 0.2) is 5.11 Å². The van der Waals surface area contributed by atoms with E-state index in [9.17, 15) is 5.11 Å². The SMILES string of the molecule is Cc1cc([C@H]2[C@H](c3ccccn3)NC(=S)N2c2ccc(O)cc2)c(C)n1-c1cccc(Br)c1. The lowest BCUT2D eigenvalue weighted by molar-refractivity contribution is 0.475. The highest BCUT2D eigenvalue weighted by Crippen LogP contribution is 2.44. The number of hydrogen-bond donors (Lipinski definition) is 2. The Bertz CT molecular complexity index is 1320. The zero-order valence-electron chi connectivity index (χ0n) is 18.2. The predicted molar refractivity (Wildman–Crippen MR) is 139 cm³/mol. The van der Waals surface area contributed by atoms with Crippen molar-refractivity contribution >= 4 is 38.9 Å². The van der Waals surface area contributed by atoms with E-state index in [0.717, 1.165) is 32.9 Å². The minimum Gasteiger partial charge on any atom is -0.508 e. The molecule has 7 heteroatoms. The Balaban J connectivity index is 1.68. The third-order valence-corrected chi connectivity index (χ3v) is 6.89. The highest BCUT2D eigenvalue weighted by Gasteiger charge is 2.42. The zero-order chi connectivity index (χ0) is 23.1. The van der Waals surface area contributed by atoms with Crippen molar-refractivity contribution in [1.82, 2.24) is 14.9 Å². The van der Waals surface area contributed by atoms with E-state index >= 15 is 0 Å². The summed E-state index contributed by atoms with van der Waals surface area (Å²) < 4.78 is 3.31. The van der Waals surface area contributed by atoms with E-state index in [2.05, 4.69) is 67.7 Å². The molecule has 0 saturated carbocycles. The molecule has 0 bridgehead atoms. The minimum atomic E-state index is -0.121. The highest BCUT2D eigenvalue weighted by molar-refractivity contribution is 9.10. The summed E-state index contributed by atoms with van der Waals surface area (Å²) in [7, 11) is 0. The number of aromatic hydroxyl groups is 1. The van der Waals surface area contributed by atoms with Crippen molar-refractivity contribution in [3.8, 4) is 11.4 Å². The second kappa shape index (κ2) is 8.65. The first-order valence-electron chi connectivity index (χ1n) is 10.7. The summed E-state index contributed by atoms with van der Waals surface area (Å²) in [5, 5.41) is 14.0. The Morgan fingerprint density at radius 3 is 2.45 bits per heavy atom. The number of phenolic OH excluding ortho intramolecular Hbond substituents is 1. The maximum atomic E-state index is 9.83. The van der Waals surface area contributed by atoms with Crippen LogP contribution in [0.25, 0.3) is 5.69 Å². The third-order valence-electron chi connectivity index (χ3n) is 6.08. The van der Waals surface area contributed by atoms with Gasteiger partial charge in [-0.2, -0.15) is 0 Å². The summed E-state index contributed by atoms with van der Waals surface area (Å²) in [6.07, 6.45) is 1.81. The van der Waals surface area contributed by atoms with Crippen LogP contribution in [0.4, 0.5) is 5.69 Å².